The monoisotopic (exact) mass is 194 g/mol. The molecule has 4 N–H and O–H groups in total. The van der Waals surface area contributed by atoms with Crippen LogP contribution in [0.25, 0.3) is 0 Å². The van der Waals surface area contributed by atoms with Crippen molar-refractivity contribution < 1.29 is 0 Å². The summed E-state index contributed by atoms with van der Waals surface area (Å²) in [7, 11) is 0. The topological polar surface area (TPSA) is 52.0 Å². The maximum atomic E-state index is 6.01. The first-order valence-corrected chi connectivity index (χ1v) is 4.94. The van der Waals surface area contributed by atoms with Gasteiger partial charge in [-0.3, -0.25) is 0 Å². The summed E-state index contributed by atoms with van der Waals surface area (Å²) >= 11 is 0. The summed E-state index contributed by atoms with van der Waals surface area (Å²) in [4.78, 5) is 0. The lowest BCUT2D eigenvalue weighted by atomic mass is 9.84. The summed E-state index contributed by atoms with van der Waals surface area (Å²) in [5, 5.41) is 0. The normalized spacial score (nSPS) is 20.7. The van der Waals surface area contributed by atoms with Crippen molar-refractivity contribution in [1.29, 1.82) is 0 Å². The van der Waals surface area contributed by atoms with E-state index >= 15 is 0 Å². The Labute approximate surface area is 88.7 Å². The maximum absolute atomic E-state index is 6.01. The minimum Gasteiger partial charge on any atom is -0.397 e. The highest BCUT2D eigenvalue weighted by molar-refractivity contribution is 5.74. The molecule has 2 aliphatic carbocycles. The molecule has 2 aliphatic rings. The number of hydrogen-bond donors (Lipinski definition) is 2. The van der Waals surface area contributed by atoms with Crippen LogP contribution in [-0.2, 0) is 0 Å². The average molecular weight is 194 g/mol. The first kappa shape index (κ1) is 8.26. The summed E-state index contributed by atoms with van der Waals surface area (Å²) in [6.45, 7) is 0. The van der Waals surface area contributed by atoms with Crippen LogP contribution < -0.4 is 11.5 Å². The van der Waals surface area contributed by atoms with Crippen LogP contribution in [0.5, 0.6) is 0 Å². The van der Waals surface area contributed by atoms with E-state index < -0.39 is 0 Å². The lowest BCUT2D eigenvalue weighted by Crippen LogP contribution is -2.11. The largest absolute Gasteiger partial charge is 0.397 e. The summed E-state index contributed by atoms with van der Waals surface area (Å²) in [6.07, 6.45) is 0.882. The SMILES string of the molecule is Nc1ccc(C2C#C2)c(C2C#CC2)c1N. The summed E-state index contributed by atoms with van der Waals surface area (Å²) in [5.74, 6) is 12.7. The fraction of sp³-hybridized carbons (Fsp3) is 0.231. The zero-order chi connectivity index (χ0) is 10.4. The molecule has 0 fully saturated rings. The molecule has 0 saturated carbocycles. The van der Waals surface area contributed by atoms with Crippen molar-refractivity contribution in [2.45, 2.75) is 18.3 Å². The molecule has 0 saturated heterocycles. The van der Waals surface area contributed by atoms with Gasteiger partial charge < -0.3 is 11.5 Å². The third-order valence-electron chi connectivity index (χ3n) is 2.89. The number of nitrogens with two attached hydrogens (primary N) is 2. The van der Waals surface area contributed by atoms with Crippen LogP contribution in [0.1, 0.15) is 29.4 Å². The molecule has 0 aliphatic heterocycles. The van der Waals surface area contributed by atoms with Gasteiger partial charge in [-0.1, -0.05) is 23.8 Å². The van der Waals surface area contributed by atoms with Crippen molar-refractivity contribution in [3.05, 3.63) is 23.3 Å². The highest BCUT2D eigenvalue weighted by Gasteiger charge is 2.26. The van der Waals surface area contributed by atoms with Gasteiger partial charge in [0.15, 0.2) is 0 Å². The molecule has 0 bridgehead atoms. The number of hydrogen-bond acceptors (Lipinski definition) is 2. The van der Waals surface area contributed by atoms with Crippen LogP contribution in [-0.4, -0.2) is 0 Å². The Bertz CT molecular complexity index is 556. The van der Waals surface area contributed by atoms with Crippen molar-refractivity contribution in [2.24, 2.45) is 0 Å². The van der Waals surface area contributed by atoms with E-state index in [1.807, 2.05) is 12.1 Å². The minimum absolute atomic E-state index is 0.213. The van der Waals surface area contributed by atoms with Crippen molar-refractivity contribution in [3.8, 4) is 23.7 Å². The van der Waals surface area contributed by atoms with Crippen LogP contribution >= 0.6 is 0 Å². The lowest BCUT2D eigenvalue weighted by molar-refractivity contribution is 0.854. The van der Waals surface area contributed by atoms with Crippen molar-refractivity contribution in [2.75, 3.05) is 11.5 Å². The number of rotatable bonds is 2. The number of nitrogen functional groups attached to an aromatic ring is 2. The van der Waals surface area contributed by atoms with Crippen LogP contribution in [0.15, 0.2) is 12.1 Å². The molecule has 1 aromatic rings. The standard InChI is InChI=1S/C13H10N2/c14-11-7-6-10(8-4-5-8)12(13(11)15)9-2-1-3-9/h6-9H,2,14-15H2. The molecule has 2 heteroatoms. The van der Waals surface area contributed by atoms with Gasteiger partial charge in [-0.05, 0) is 17.2 Å². The van der Waals surface area contributed by atoms with Gasteiger partial charge in [0.25, 0.3) is 0 Å². The van der Waals surface area contributed by atoms with Gasteiger partial charge in [0.05, 0.1) is 17.3 Å². The Balaban J connectivity index is 2.14. The van der Waals surface area contributed by atoms with E-state index in [0.717, 1.165) is 12.0 Å². The molecule has 2 nitrogen and oxygen atoms in total. The molecule has 1 aromatic carbocycles. The fourth-order valence-electron chi connectivity index (χ4n) is 1.89. The van der Waals surface area contributed by atoms with E-state index in [9.17, 15) is 0 Å². The highest BCUT2D eigenvalue weighted by Crippen LogP contribution is 2.39. The molecule has 0 spiro atoms. The van der Waals surface area contributed by atoms with E-state index in [1.54, 1.807) is 0 Å². The lowest BCUT2D eigenvalue weighted by Gasteiger charge is -2.20. The van der Waals surface area contributed by atoms with E-state index in [2.05, 4.69) is 23.7 Å². The Hall–Kier alpha value is -2.06. The Morgan fingerprint density at radius 1 is 1.13 bits per heavy atom. The number of benzene rings is 1. The molecule has 1 unspecified atom stereocenters. The van der Waals surface area contributed by atoms with Gasteiger partial charge in [0, 0.05) is 6.42 Å². The van der Waals surface area contributed by atoms with Crippen molar-refractivity contribution in [1.82, 2.24) is 0 Å². The Morgan fingerprint density at radius 2 is 1.87 bits per heavy atom. The van der Waals surface area contributed by atoms with Crippen LogP contribution in [0, 0.1) is 23.7 Å². The van der Waals surface area contributed by atoms with Gasteiger partial charge in [0.1, 0.15) is 5.92 Å². The third-order valence-corrected chi connectivity index (χ3v) is 2.89. The van der Waals surface area contributed by atoms with E-state index in [1.165, 1.54) is 5.56 Å². The van der Waals surface area contributed by atoms with Gasteiger partial charge in [0.2, 0.25) is 0 Å². The van der Waals surface area contributed by atoms with Crippen LogP contribution in [0.3, 0.4) is 0 Å². The second kappa shape index (κ2) is 2.72. The van der Waals surface area contributed by atoms with Crippen LogP contribution in [0.2, 0.25) is 0 Å². The molecule has 15 heavy (non-hydrogen) atoms. The minimum atomic E-state index is 0.213. The average Bonchev–Trinajstić information content (AvgIpc) is 2.93. The highest BCUT2D eigenvalue weighted by atomic mass is 14.7. The summed E-state index contributed by atoms with van der Waals surface area (Å²) in [5.41, 5.74) is 15.4. The van der Waals surface area contributed by atoms with E-state index in [4.69, 9.17) is 11.5 Å². The quantitative estimate of drug-likeness (QED) is 0.553. The predicted molar refractivity (Wildman–Crippen MR) is 60.9 cm³/mol. The van der Waals surface area contributed by atoms with Gasteiger partial charge >= 0.3 is 0 Å². The van der Waals surface area contributed by atoms with Crippen molar-refractivity contribution >= 4 is 11.4 Å². The van der Waals surface area contributed by atoms with Crippen molar-refractivity contribution in [3.63, 3.8) is 0 Å². The summed E-state index contributed by atoms with van der Waals surface area (Å²) < 4.78 is 0. The molecular weight excluding hydrogens is 184 g/mol. The molecule has 72 valence electrons. The molecule has 0 radical (unpaired) electrons. The van der Waals surface area contributed by atoms with Gasteiger partial charge in [-0.25, -0.2) is 0 Å². The molecule has 0 aromatic heterocycles. The second-order valence-electron chi connectivity index (χ2n) is 3.87. The molecular formula is C13H10N2. The zero-order valence-corrected chi connectivity index (χ0v) is 8.17. The number of anilines is 2. The van der Waals surface area contributed by atoms with Gasteiger partial charge in [-0.2, -0.15) is 0 Å². The van der Waals surface area contributed by atoms with E-state index in [-0.39, 0.29) is 11.8 Å². The van der Waals surface area contributed by atoms with Gasteiger partial charge in [-0.15, -0.1) is 5.92 Å². The molecule has 0 amide bonds. The third kappa shape index (κ3) is 1.16. The Morgan fingerprint density at radius 3 is 2.40 bits per heavy atom. The Kier molecular flexibility index (Phi) is 1.50. The smallest absolute Gasteiger partial charge is 0.107 e. The first-order valence-electron chi connectivity index (χ1n) is 4.94. The molecule has 1 atom stereocenters. The summed E-state index contributed by atoms with van der Waals surface area (Å²) in [6, 6.07) is 3.86. The molecule has 0 heterocycles. The first-order chi connectivity index (χ1) is 7.27. The molecule has 3 rings (SSSR count). The second-order valence-corrected chi connectivity index (χ2v) is 3.87. The van der Waals surface area contributed by atoms with Crippen LogP contribution in [0.4, 0.5) is 11.4 Å². The fourth-order valence-corrected chi connectivity index (χ4v) is 1.89. The zero-order valence-electron chi connectivity index (χ0n) is 8.17. The predicted octanol–water partition coefficient (Wildman–Crippen LogP) is 1.44. The maximum Gasteiger partial charge on any atom is 0.107 e. The van der Waals surface area contributed by atoms with E-state index in [0.29, 0.717) is 11.4 Å².